The molecule has 6 rings (SSSR count). The molecule has 1 N–H and O–H groups in total. The van der Waals surface area contributed by atoms with E-state index in [1.807, 2.05) is 54.7 Å². The highest BCUT2D eigenvalue weighted by Crippen LogP contribution is 2.31. The van der Waals surface area contributed by atoms with E-state index in [0.29, 0.717) is 5.02 Å². The van der Waals surface area contributed by atoms with Crippen LogP contribution in [-0.2, 0) is 0 Å². The summed E-state index contributed by atoms with van der Waals surface area (Å²) in [6, 6.07) is 24.7. The van der Waals surface area contributed by atoms with Gasteiger partial charge in [-0.3, -0.25) is 9.98 Å². The van der Waals surface area contributed by atoms with E-state index in [2.05, 4.69) is 51.1 Å². The van der Waals surface area contributed by atoms with Gasteiger partial charge in [0.15, 0.2) is 0 Å². The minimum atomic E-state index is 0.279. The SMILES string of the molecule is CN1CCC(N=c2cc3n(-c4ccccc4)c4cc(Cl)ccc4nc-3cc2Nc2cccnc2)CC1. The lowest BCUT2D eigenvalue weighted by atomic mass is 10.1. The van der Waals surface area contributed by atoms with Crippen LogP contribution in [0.5, 0.6) is 0 Å². The van der Waals surface area contributed by atoms with Crippen molar-refractivity contribution in [2.24, 2.45) is 4.99 Å². The van der Waals surface area contributed by atoms with Gasteiger partial charge in [0, 0.05) is 16.9 Å². The molecule has 0 atom stereocenters. The zero-order valence-corrected chi connectivity index (χ0v) is 20.9. The predicted molar refractivity (Wildman–Crippen MR) is 146 cm³/mol. The minimum Gasteiger partial charge on any atom is -0.352 e. The van der Waals surface area contributed by atoms with Crippen LogP contribution < -0.4 is 10.7 Å². The second-order valence-electron chi connectivity index (χ2n) is 9.30. The molecule has 0 radical (unpaired) electrons. The molecule has 0 unspecified atom stereocenters. The number of fused-ring (bicyclic) bond motifs is 2. The van der Waals surface area contributed by atoms with E-state index in [-0.39, 0.29) is 6.04 Å². The van der Waals surface area contributed by atoms with E-state index < -0.39 is 0 Å². The van der Waals surface area contributed by atoms with E-state index in [4.69, 9.17) is 21.6 Å². The lowest BCUT2D eigenvalue weighted by molar-refractivity contribution is 0.255. The summed E-state index contributed by atoms with van der Waals surface area (Å²) in [5.41, 5.74) is 6.59. The Labute approximate surface area is 215 Å². The van der Waals surface area contributed by atoms with Crippen LogP contribution in [0.25, 0.3) is 28.1 Å². The summed E-state index contributed by atoms with van der Waals surface area (Å²) in [6.45, 7) is 2.11. The summed E-state index contributed by atoms with van der Waals surface area (Å²) in [5.74, 6) is 0. The number of aromatic nitrogens is 3. The Morgan fingerprint density at radius 2 is 1.81 bits per heavy atom. The Morgan fingerprint density at radius 1 is 0.972 bits per heavy atom. The van der Waals surface area contributed by atoms with Gasteiger partial charge >= 0.3 is 0 Å². The number of rotatable bonds is 4. The summed E-state index contributed by atoms with van der Waals surface area (Å²) < 4.78 is 2.23. The van der Waals surface area contributed by atoms with Crippen molar-refractivity contribution in [3.8, 4) is 17.1 Å². The van der Waals surface area contributed by atoms with Crippen LogP contribution in [0.3, 0.4) is 0 Å². The Bertz CT molecular complexity index is 1540. The quantitative estimate of drug-likeness (QED) is 0.315. The van der Waals surface area contributed by atoms with Crippen molar-refractivity contribution in [2.75, 3.05) is 25.5 Å². The highest BCUT2D eigenvalue weighted by molar-refractivity contribution is 6.31. The number of likely N-dealkylation sites (tertiary alicyclic amines) is 1. The average molecular weight is 495 g/mol. The van der Waals surface area contributed by atoms with E-state index in [9.17, 15) is 0 Å². The van der Waals surface area contributed by atoms with Crippen LogP contribution in [0, 0.1) is 0 Å². The fourth-order valence-corrected chi connectivity index (χ4v) is 5.01. The maximum absolute atomic E-state index is 6.44. The van der Waals surface area contributed by atoms with Crippen molar-refractivity contribution < 1.29 is 0 Å². The van der Waals surface area contributed by atoms with Crippen LogP contribution in [0.15, 0.2) is 90.2 Å². The number of anilines is 2. The van der Waals surface area contributed by atoms with E-state index in [1.54, 1.807) is 6.20 Å². The lowest BCUT2D eigenvalue weighted by Crippen LogP contribution is -2.33. The van der Waals surface area contributed by atoms with E-state index >= 15 is 0 Å². The molecule has 6 nitrogen and oxygen atoms in total. The van der Waals surface area contributed by atoms with Crippen LogP contribution in [-0.4, -0.2) is 45.6 Å². The van der Waals surface area contributed by atoms with Crippen molar-refractivity contribution in [3.63, 3.8) is 0 Å². The van der Waals surface area contributed by atoms with Gasteiger partial charge in [-0.2, -0.15) is 0 Å². The Kier molecular flexibility index (Phi) is 6.13. The predicted octanol–water partition coefficient (Wildman–Crippen LogP) is 5.92. The Hall–Kier alpha value is -3.74. The molecule has 2 aromatic carbocycles. The van der Waals surface area contributed by atoms with Gasteiger partial charge in [-0.1, -0.05) is 29.8 Å². The third-order valence-electron chi connectivity index (χ3n) is 6.72. The smallest absolute Gasteiger partial charge is 0.0900 e. The molecule has 7 heteroatoms. The van der Waals surface area contributed by atoms with Gasteiger partial charge < -0.3 is 14.8 Å². The van der Waals surface area contributed by atoms with Gasteiger partial charge in [0.25, 0.3) is 0 Å². The van der Waals surface area contributed by atoms with Crippen molar-refractivity contribution in [2.45, 2.75) is 18.9 Å². The van der Waals surface area contributed by atoms with Gasteiger partial charge in [-0.05, 0) is 87.6 Å². The molecule has 0 saturated carbocycles. The molecular formula is C29H27ClN6. The number of nitrogens with one attached hydrogen (secondary N) is 1. The maximum Gasteiger partial charge on any atom is 0.0900 e. The zero-order valence-electron chi connectivity index (χ0n) is 20.1. The van der Waals surface area contributed by atoms with E-state index in [0.717, 1.165) is 70.8 Å². The van der Waals surface area contributed by atoms with Crippen LogP contribution >= 0.6 is 11.6 Å². The van der Waals surface area contributed by atoms with Crippen molar-refractivity contribution in [3.05, 3.63) is 95.6 Å². The molecule has 1 fully saturated rings. The molecule has 0 spiro atoms. The van der Waals surface area contributed by atoms with Gasteiger partial charge in [0.05, 0.1) is 51.4 Å². The largest absolute Gasteiger partial charge is 0.352 e. The average Bonchev–Trinajstić information content (AvgIpc) is 2.90. The molecule has 3 heterocycles. The Morgan fingerprint density at radius 3 is 2.58 bits per heavy atom. The summed E-state index contributed by atoms with van der Waals surface area (Å²) in [4.78, 5) is 16.9. The molecule has 0 amide bonds. The summed E-state index contributed by atoms with van der Waals surface area (Å²) in [5, 5.41) is 5.15. The molecule has 36 heavy (non-hydrogen) atoms. The molecule has 180 valence electrons. The number of para-hydroxylation sites is 1. The van der Waals surface area contributed by atoms with Crippen molar-refractivity contribution in [1.29, 1.82) is 0 Å². The van der Waals surface area contributed by atoms with Crippen molar-refractivity contribution >= 4 is 34.0 Å². The molecule has 1 aliphatic carbocycles. The molecule has 3 aromatic rings. The summed E-state index contributed by atoms with van der Waals surface area (Å²) >= 11 is 6.44. The van der Waals surface area contributed by atoms with E-state index in [1.165, 1.54) is 0 Å². The number of pyridine rings is 1. The number of piperidine rings is 1. The van der Waals surface area contributed by atoms with Crippen LogP contribution in [0.2, 0.25) is 5.02 Å². The fraction of sp³-hybridized carbons (Fsp3) is 0.207. The number of nitrogens with zero attached hydrogens (tertiary/aromatic N) is 5. The number of halogens is 1. The number of hydrogen-bond donors (Lipinski definition) is 1. The van der Waals surface area contributed by atoms with Gasteiger partial charge in [0.2, 0.25) is 0 Å². The Balaban J connectivity index is 1.62. The zero-order chi connectivity index (χ0) is 24.5. The standard InChI is InChI=1S/C29H27ClN6/c1-35-14-11-21(12-15-35)32-26-18-29-27(17-25(26)33-22-6-5-13-31-19-22)34-24-10-9-20(30)16-28(24)36(29)23-7-3-2-4-8-23/h2-10,13,16-19,21,33H,11-12,14-15H2,1H3. The molecule has 3 aliphatic rings. The topological polar surface area (TPSA) is 58.3 Å². The first kappa shape index (κ1) is 22.7. The molecule has 2 aliphatic heterocycles. The molecule has 0 bridgehead atoms. The first-order chi connectivity index (χ1) is 17.6. The highest BCUT2D eigenvalue weighted by Gasteiger charge is 2.19. The normalized spacial score (nSPS) is 15.6. The summed E-state index contributed by atoms with van der Waals surface area (Å²) in [6.07, 6.45) is 5.69. The minimum absolute atomic E-state index is 0.279. The molecule has 1 saturated heterocycles. The van der Waals surface area contributed by atoms with Gasteiger partial charge in [0.1, 0.15) is 0 Å². The molecular weight excluding hydrogens is 468 g/mol. The second-order valence-corrected chi connectivity index (χ2v) is 9.74. The first-order valence-electron chi connectivity index (χ1n) is 12.2. The number of hydrogen-bond acceptors (Lipinski definition) is 5. The van der Waals surface area contributed by atoms with Crippen molar-refractivity contribution in [1.82, 2.24) is 19.4 Å². The first-order valence-corrected chi connectivity index (χ1v) is 12.6. The second kappa shape index (κ2) is 9.72. The lowest BCUT2D eigenvalue weighted by Gasteiger charge is -2.26. The third-order valence-corrected chi connectivity index (χ3v) is 6.95. The summed E-state index contributed by atoms with van der Waals surface area (Å²) in [7, 11) is 2.17. The maximum atomic E-state index is 6.44. The number of benzene rings is 3. The third kappa shape index (κ3) is 4.57. The van der Waals surface area contributed by atoms with Gasteiger partial charge in [-0.25, -0.2) is 4.98 Å². The highest BCUT2D eigenvalue weighted by atomic mass is 35.5. The van der Waals surface area contributed by atoms with Crippen LogP contribution in [0.4, 0.5) is 11.4 Å². The fourth-order valence-electron chi connectivity index (χ4n) is 4.84. The monoisotopic (exact) mass is 494 g/mol. The van der Waals surface area contributed by atoms with Crippen LogP contribution in [0.1, 0.15) is 12.8 Å². The molecule has 1 aromatic heterocycles. The van der Waals surface area contributed by atoms with Gasteiger partial charge in [-0.15, -0.1) is 0 Å².